The SMILES string of the molecule is CN(C)S(=O)(=O)NC1CCCC[C@@H]1n1cnc(C(=O)N2CCNC[C@H]2Cc2cc(F)cc(F)c2)c1-c1ccccc1. The largest absolute Gasteiger partial charge is 0.331 e. The molecule has 9 nitrogen and oxygen atoms in total. The average Bonchev–Trinajstić information content (AvgIpc) is 3.38. The maximum absolute atomic E-state index is 14.2. The molecule has 1 saturated heterocycles. The van der Waals surface area contributed by atoms with Crippen molar-refractivity contribution in [3.8, 4) is 11.3 Å². The second-order valence-corrected chi connectivity index (χ2v) is 12.8. The summed E-state index contributed by atoms with van der Waals surface area (Å²) < 4.78 is 59.3. The van der Waals surface area contributed by atoms with Gasteiger partial charge in [-0.3, -0.25) is 4.79 Å². The molecular weight excluding hydrogens is 550 g/mol. The zero-order valence-electron chi connectivity index (χ0n) is 23.3. The highest BCUT2D eigenvalue weighted by Crippen LogP contribution is 2.35. The van der Waals surface area contributed by atoms with Crippen molar-refractivity contribution < 1.29 is 22.0 Å². The zero-order chi connectivity index (χ0) is 29.1. The first-order chi connectivity index (χ1) is 19.6. The normalized spacial score (nSPS) is 21.8. The lowest BCUT2D eigenvalue weighted by Crippen LogP contribution is -2.54. The Hall–Kier alpha value is -3.19. The molecule has 3 aromatic rings. The summed E-state index contributed by atoms with van der Waals surface area (Å²) in [5.41, 5.74) is 2.17. The number of nitrogens with one attached hydrogen (secondary N) is 2. The van der Waals surface area contributed by atoms with E-state index in [1.807, 2.05) is 34.9 Å². The Morgan fingerprint density at radius 1 is 1.10 bits per heavy atom. The molecular formula is C29H36F2N6O3S. The molecule has 2 aromatic carbocycles. The number of halogens is 2. The minimum atomic E-state index is -3.67. The van der Waals surface area contributed by atoms with E-state index in [1.165, 1.54) is 26.2 Å². The van der Waals surface area contributed by atoms with Crippen LogP contribution in [0.2, 0.25) is 0 Å². The predicted octanol–water partition coefficient (Wildman–Crippen LogP) is 3.36. The van der Waals surface area contributed by atoms with Gasteiger partial charge in [-0.2, -0.15) is 17.4 Å². The van der Waals surface area contributed by atoms with E-state index in [1.54, 1.807) is 11.2 Å². The third kappa shape index (κ3) is 6.50. The third-order valence-electron chi connectivity index (χ3n) is 7.92. The highest BCUT2D eigenvalue weighted by atomic mass is 32.2. The Balaban J connectivity index is 1.51. The number of amides is 1. The molecule has 41 heavy (non-hydrogen) atoms. The van der Waals surface area contributed by atoms with Crippen molar-refractivity contribution in [1.82, 2.24) is 28.8 Å². The molecule has 1 aromatic heterocycles. The quantitative estimate of drug-likeness (QED) is 0.422. The van der Waals surface area contributed by atoms with Crippen LogP contribution in [0.4, 0.5) is 8.78 Å². The van der Waals surface area contributed by atoms with Gasteiger partial charge in [-0.05, 0) is 37.0 Å². The van der Waals surface area contributed by atoms with Gasteiger partial charge in [-0.15, -0.1) is 0 Å². The molecule has 2 fully saturated rings. The van der Waals surface area contributed by atoms with Crippen molar-refractivity contribution in [2.24, 2.45) is 0 Å². The number of carbonyl (C=O) groups excluding carboxylic acids is 1. The van der Waals surface area contributed by atoms with Crippen LogP contribution in [0.5, 0.6) is 0 Å². The van der Waals surface area contributed by atoms with Crippen LogP contribution >= 0.6 is 0 Å². The molecule has 0 spiro atoms. The van der Waals surface area contributed by atoms with Crippen molar-refractivity contribution in [2.45, 2.75) is 50.2 Å². The second kappa shape index (κ2) is 12.4. The minimum absolute atomic E-state index is 0.239. The summed E-state index contributed by atoms with van der Waals surface area (Å²) in [7, 11) is -0.689. The number of aromatic nitrogens is 2. The van der Waals surface area contributed by atoms with Crippen molar-refractivity contribution in [3.05, 3.63) is 77.8 Å². The van der Waals surface area contributed by atoms with E-state index in [0.29, 0.717) is 37.3 Å². The molecule has 1 aliphatic heterocycles. The summed E-state index contributed by atoms with van der Waals surface area (Å²) in [6.07, 6.45) is 5.13. The highest BCUT2D eigenvalue weighted by Gasteiger charge is 2.36. The van der Waals surface area contributed by atoms with Gasteiger partial charge in [-0.25, -0.2) is 13.8 Å². The summed E-state index contributed by atoms with van der Waals surface area (Å²) in [6.45, 7) is 1.47. The molecule has 5 rings (SSSR count). The Labute approximate surface area is 239 Å². The van der Waals surface area contributed by atoms with Crippen molar-refractivity contribution in [3.63, 3.8) is 0 Å². The molecule has 2 heterocycles. The van der Waals surface area contributed by atoms with Gasteiger partial charge in [0.2, 0.25) is 0 Å². The van der Waals surface area contributed by atoms with Crippen LogP contribution in [0.25, 0.3) is 11.3 Å². The van der Waals surface area contributed by atoms with Gasteiger partial charge >= 0.3 is 0 Å². The highest BCUT2D eigenvalue weighted by molar-refractivity contribution is 7.87. The van der Waals surface area contributed by atoms with E-state index in [9.17, 15) is 22.0 Å². The van der Waals surface area contributed by atoms with Gasteiger partial charge in [0.05, 0.1) is 18.1 Å². The van der Waals surface area contributed by atoms with Gasteiger partial charge in [0.1, 0.15) is 11.6 Å². The topological polar surface area (TPSA) is 99.6 Å². The fourth-order valence-electron chi connectivity index (χ4n) is 5.88. The summed E-state index contributed by atoms with van der Waals surface area (Å²) in [5.74, 6) is -1.58. The van der Waals surface area contributed by atoms with E-state index in [4.69, 9.17) is 0 Å². The number of hydrogen-bond acceptors (Lipinski definition) is 5. The summed E-state index contributed by atoms with van der Waals surface area (Å²) >= 11 is 0. The molecule has 2 N–H and O–H groups in total. The number of nitrogens with zero attached hydrogens (tertiary/aromatic N) is 4. The lowest BCUT2D eigenvalue weighted by Gasteiger charge is -2.37. The van der Waals surface area contributed by atoms with E-state index in [2.05, 4.69) is 15.0 Å². The Morgan fingerprint density at radius 3 is 2.51 bits per heavy atom. The number of piperazine rings is 1. The molecule has 12 heteroatoms. The van der Waals surface area contributed by atoms with Crippen molar-refractivity contribution in [1.29, 1.82) is 0 Å². The number of benzene rings is 2. The van der Waals surface area contributed by atoms with Crippen molar-refractivity contribution >= 4 is 16.1 Å². The smallest absolute Gasteiger partial charge is 0.279 e. The number of imidazole rings is 1. The minimum Gasteiger partial charge on any atom is -0.331 e. The van der Waals surface area contributed by atoms with Gasteiger partial charge in [0.25, 0.3) is 16.1 Å². The Bertz CT molecular complexity index is 1460. The maximum atomic E-state index is 14.2. The second-order valence-electron chi connectivity index (χ2n) is 10.9. The first kappa shape index (κ1) is 29.3. The summed E-state index contributed by atoms with van der Waals surface area (Å²) in [4.78, 5) is 20.5. The van der Waals surface area contributed by atoms with Crippen LogP contribution in [-0.4, -0.2) is 78.9 Å². The van der Waals surface area contributed by atoms with Crippen LogP contribution in [0.3, 0.4) is 0 Å². The zero-order valence-corrected chi connectivity index (χ0v) is 24.1. The fraction of sp³-hybridized carbons (Fsp3) is 0.448. The number of rotatable bonds is 8. The van der Waals surface area contributed by atoms with E-state index in [-0.39, 0.29) is 36.1 Å². The van der Waals surface area contributed by atoms with E-state index >= 15 is 0 Å². The van der Waals surface area contributed by atoms with Gasteiger partial charge in [0, 0.05) is 57.4 Å². The molecule has 0 bridgehead atoms. The van der Waals surface area contributed by atoms with Gasteiger partial charge < -0.3 is 14.8 Å². The van der Waals surface area contributed by atoms with Gasteiger partial charge in [-0.1, -0.05) is 43.2 Å². The summed E-state index contributed by atoms with van der Waals surface area (Å²) in [5, 5.41) is 3.28. The Kier molecular flexibility index (Phi) is 8.83. The lowest BCUT2D eigenvalue weighted by molar-refractivity contribution is 0.0631. The van der Waals surface area contributed by atoms with Crippen LogP contribution in [0, 0.1) is 11.6 Å². The lowest BCUT2D eigenvalue weighted by atomic mass is 9.90. The maximum Gasteiger partial charge on any atom is 0.279 e. The predicted molar refractivity (Wildman–Crippen MR) is 152 cm³/mol. The molecule has 1 aliphatic carbocycles. The monoisotopic (exact) mass is 586 g/mol. The Morgan fingerprint density at radius 2 is 1.80 bits per heavy atom. The molecule has 2 aliphatic rings. The van der Waals surface area contributed by atoms with Crippen LogP contribution in [0.15, 0.2) is 54.9 Å². The molecule has 1 unspecified atom stereocenters. The first-order valence-electron chi connectivity index (χ1n) is 13.9. The van der Waals surface area contributed by atoms with Crippen LogP contribution < -0.4 is 10.0 Å². The molecule has 1 saturated carbocycles. The van der Waals surface area contributed by atoms with E-state index in [0.717, 1.165) is 35.2 Å². The number of carbonyl (C=O) groups is 1. The third-order valence-corrected chi connectivity index (χ3v) is 9.48. The van der Waals surface area contributed by atoms with E-state index < -0.39 is 21.8 Å². The fourth-order valence-corrected chi connectivity index (χ4v) is 6.75. The average molecular weight is 587 g/mol. The summed E-state index contributed by atoms with van der Waals surface area (Å²) in [6, 6.07) is 12.0. The molecule has 3 atom stereocenters. The first-order valence-corrected chi connectivity index (χ1v) is 15.4. The standard InChI is InChI=1S/C29H36F2N6O3S/c1-35(2)41(39,40)34-25-10-6-7-11-26(25)37-19-33-27(28(37)21-8-4-3-5-9-21)29(38)36-13-12-32-18-24(36)16-20-14-22(30)17-23(31)15-20/h3-5,8-9,14-15,17,19,24-26,32,34H,6-7,10-13,16,18H2,1-2H3/t24-,25?,26+/m1/s1. The molecule has 0 radical (unpaired) electrons. The van der Waals surface area contributed by atoms with Gasteiger partial charge in [0.15, 0.2) is 5.69 Å². The number of hydrogen-bond donors (Lipinski definition) is 2. The molecule has 220 valence electrons. The van der Waals surface area contributed by atoms with Crippen LogP contribution in [0.1, 0.15) is 47.8 Å². The van der Waals surface area contributed by atoms with Crippen molar-refractivity contribution in [2.75, 3.05) is 33.7 Å². The van der Waals surface area contributed by atoms with Crippen LogP contribution in [-0.2, 0) is 16.6 Å². The molecule has 1 amide bonds.